The number of carbonyl (C=O) groups excluding carboxylic acids is 3. The topological polar surface area (TPSA) is 104 Å². The normalized spacial score (nSPS) is 17.3. The van der Waals surface area contributed by atoms with Crippen LogP contribution in [-0.2, 0) is 33.3 Å². The van der Waals surface area contributed by atoms with E-state index in [0.717, 1.165) is 0 Å². The highest BCUT2D eigenvalue weighted by molar-refractivity contribution is 6.05. The second-order valence-electron chi connectivity index (χ2n) is 7.49. The predicted octanol–water partition coefficient (Wildman–Crippen LogP) is 3.59. The standard InChI is InChI=1S/C26H30N2O7/c1-6-32-19-15-18(24(29)33-7-2)28-16(5)20(25(30)34-8-3)21(17-13-11-10-12-14-17)22(23(28)27-19)26(31)35-9-4/h10-15,21H,6-9H2,1-5H3. The van der Waals surface area contributed by atoms with Crippen molar-refractivity contribution in [2.24, 2.45) is 4.99 Å². The number of nitrogens with zero attached hydrogens (tertiary/aromatic N) is 2. The van der Waals surface area contributed by atoms with Crippen LogP contribution in [0.25, 0.3) is 0 Å². The molecule has 0 saturated carbocycles. The summed E-state index contributed by atoms with van der Waals surface area (Å²) >= 11 is 0. The van der Waals surface area contributed by atoms with Gasteiger partial charge in [0, 0.05) is 11.8 Å². The molecule has 0 bridgehead atoms. The fourth-order valence-electron chi connectivity index (χ4n) is 4.05. The number of hydrogen-bond acceptors (Lipinski definition) is 9. The molecule has 1 unspecified atom stereocenters. The Labute approximate surface area is 204 Å². The first-order chi connectivity index (χ1) is 16.9. The van der Waals surface area contributed by atoms with Crippen molar-refractivity contribution < 1.29 is 33.3 Å². The molecule has 0 fully saturated rings. The summed E-state index contributed by atoms with van der Waals surface area (Å²) in [4.78, 5) is 45.7. The summed E-state index contributed by atoms with van der Waals surface area (Å²) in [5.74, 6) is -2.49. The number of aliphatic imine (C=N–C) groups is 1. The number of esters is 3. The molecule has 2 aliphatic rings. The number of carbonyl (C=O) groups is 3. The summed E-state index contributed by atoms with van der Waals surface area (Å²) in [6, 6.07) is 9.08. The zero-order valence-electron chi connectivity index (χ0n) is 20.6. The first-order valence-corrected chi connectivity index (χ1v) is 11.6. The minimum absolute atomic E-state index is 0.0629. The predicted molar refractivity (Wildman–Crippen MR) is 128 cm³/mol. The smallest absolute Gasteiger partial charge is 0.355 e. The van der Waals surface area contributed by atoms with Gasteiger partial charge in [-0.15, -0.1) is 0 Å². The van der Waals surface area contributed by atoms with Crippen LogP contribution in [-0.4, -0.2) is 55.1 Å². The van der Waals surface area contributed by atoms with Crippen LogP contribution in [0.3, 0.4) is 0 Å². The molecule has 0 radical (unpaired) electrons. The molecule has 0 aliphatic carbocycles. The molecule has 1 atom stereocenters. The van der Waals surface area contributed by atoms with Crippen LogP contribution >= 0.6 is 0 Å². The van der Waals surface area contributed by atoms with E-state index >= 15 is 0 Å². The molecule has 0 saturated heterocycles. The summed E-state index contributed by atoms with van der Waals surface area (Å²) in [6.07, 6.45) is 1.43. The molecule has 35 heavy (non-hydrogen) atoms. The van der Waals surface area contributed by atoms with Crippen molar-refractivity contribution in [3.63, 3.8) is 0 Å². The van der Waals surface area contributed by atoms with Gasteiger partial charge >= 0.3 is 17.9 Å². The highest BCUT2D eigenvalue weighted by Crippen LogP contribution is 2.46. The molecule has 0 spiro atoms. The van der Waals surface area contributed by atoms with E-state index in [-0.39, 0.29) is 48.4 Å². The average molecular weight is 483 g/mol. The molecule has 0 N–H and O–H groups in total. The van der Waals surface area contributed by atoms with Gasteiger partial charge in [0.25, 0.3) is 0 Å². The van der Waals surface area contributed by atoms with Crippen LogP contribution in [0.4, 0.5) is 0 Å². The Balaban J connectivity index is 2.38. The molecule has 9 nitrogen and oxygen atoms in total. The summed E-state index contributed by atoms with van der Waals surface area (Å²) < 4.78 is 21.7. The van der Waals surface area contributed by atoms with E-state index in [2.05, 4.69) is 4.99 Å². The number of ether oxygens (including phenoxy) is 4. The van der Waals surface area contributed by atoms with Crippen molar-refractivity contribution in [2.45, 2.75) is 40.5 Å². The average Bonchev–Trinajstić information content (AvgIpc) is 2.84. The largest absolute Gasteiger partial charge is 0.478 e. The van der Waals surface area contributed by atoms with Crippen LogP contribution < -0.4 is 0 Å². The third-order valence-electron chi connectivity index (χ3n) is 5.37. The molecule has 1 aromatic carbocycles. The molecule has 2 aliphatic heterocycles. The van der Waals surface area contributed by atoms with Gasteiger partial charge in [-0.1, -0.05) is 30.3 Å². The van der Waals surface area contributed by atoms with Crippen molar-refractivity contribution in [2.75, 3.05) is 26.4 Å². The number of benzene rings is 1. The molecule has 2 heterocycles. The second-order valence-corrected chi connectivity index (χ2v) is 7.49. The number of hydrogen-bond donors (Lipinski definition) is 0. The van der Waals surface area contributed by atoms with Gasteiger partial charge in [0.2, 0.25) is 5.90 Å². The lowest BCUT2D eigenvalue weighted by molar-refractivity contribution is -0.142. The summed E-state index contributed by atoms with van der Waals surface area (Å²) in [5, 5.41) is 0. The highest BCUT2D eigenvalue weighted by Gasteiger charge is 2.45. The van der Waals surface area contributed by atoms with E-state index in [1.807, 2.05) is 30.3 Å². The summed E-state index contributed by atoms with van der Waals surface area (Å²) in [5.41, 5.74) is 1.42. The van der Waals surface area contributed by atoms with E-state index in [1.165, 1.54) is 11.0 Å². The first kappa shape index (κ1) is 25.7. The molecular weight excluding hydrogens is 452 g/mol. The zero-order valence-corrected chi connectivity index (χ0v) is 20.6. The maximum absolute atomic E-state index is 13.4. The molecule has 0 aromatic heterocycles. The van der Waals surface area contributed by atoms with Gasteiger partial charge < -0.3 is 18.9 Å². The van der Waals surface area contributed by atoms with Gasteiger partial charge in [-0.25, -0.2) is 14.4 Å². The number of rotatable bonds is 8. The Morgan fingerprint density at radius 1 is 0.829 bits per heavy atom. The van der Waals surface area contributed by atoms with Gasteiger partial charge in [-0.3, -0.25) is 4.90 Å². The van der Waals surface area contributed by atoms with Gasteiger partial charge in [0.15, 0.2) is 5.82 Å². The maximum Gasteiger partial charge on any atom is 0.355 e. The quantitative estimate of drug-likeness (QED) is 0.409. The van der Waals surface area contributed by atoms with Crippen LogP contribution in [0.15, 0.2) is 69.8 Å². The van der Waals surface area contributed by atoms with Gasteiger partial charge in [-0.2, -0.15) is 4.99 Å². The first-order valence-electron chi connectivity index (χ1n) is 11.6. The molecule has 1 aromatic rings. The Kier molecular flexibility index (Phi) is 8.46. The third-order valence-corrected chi connectivity index (χ3v) is 5.37. The van der Waals surface area contributed by atoms with E-state index < -0.39 is 23.8 Å². The van der Waals surface area contributed by atoms with Crippen molar-refractivity contribution in [3.05, 3.63) is 70.3 Å². The van der Waals surface area contributed by atoms with Gasteiger partial charge in [-0.05, 0) is 40.2 Å². The Hall–Kier alpha value is -3.88. The number of allylic oxidation sites excluding steroid dienone is 1. The number of fused-ring (bicyclic) bond motifs is 1. The third kappa shape index (κ3) is 5.13. The SMILES string of the molecule is CCOC(=O)C1=CC(OCC)=NC2=C(C(=O)OCC)C(c3ccccc3)C(C(=O)OCC)=C(C)N12. The van der Waals surface area contributed by atoms with E-state index in [4.69, 9.17) is 18.9 Å². The molecule has 0 amide bonds. The van der Waals surface area contributed by atoms with Crippen molar-refractivity contribution in [1.29, 1.82) is 0 Å². The van der Waals surface area contributed by atoms with Crippen molar-refractivity contribution in [1.82, 2.24) is 4.90 Å². The summed E-state index contributed by atoms with van der Waals surface area (Å²) in [7, 11) is 0. The Morgan fingerprint density at radius 3 is 1.97 bits per heavy atom. The fraction of sp³-hybridized carbons (Fsp3) is 0.385. The van der Waals surface area contributed by atoms with E-state index in [0.29, 0.717) is 17.9 Å². The van der Waals surface area contributed by atoms with Crippen LogP contribution in [0, 0.1) is 0 Å². The van der Waals surface area contributed by atoms with E-state index in [1.54, 1.807) is 34.6 Å². The summed E-state index contributed by atoms with van der Waals surface area (Å²) in [6.45, 7) is 9.21. The fourth-order valence-corrected chi connectivity index (χ4v) is 4.05. The lowest BCUT2D eigenvalue weighted by Gasteiger charge is -2.38. The highest BCUT2D eigenvalue weighted by atomic mass is 16.5. The molecule has 186 valence electrons. The molecular formula is C26H30N2O7. The molecule has 9 heteroatoms. The van der Waals surface area contributed by atoms with Crippen LogP contribution in [0.2, 0.25) is 0 Å². The minimum Gasteiger partial charge on any atom is -0.478 e. The van der Waals surface area contributed by atoms with Gasteiger partial charge in [0.05, 0.1) is 43.5 Å². The Morgan fingerprint density at radius 2 is 1.40 bits per heavy atom. The lowest BCUT2D eigenvalue weighted by Crippen LogP contribution is -2.39. The van der Waals surface area contributed by atoms with Gasteiger partial charge in [0.1, 0.15) is 5.70 Å². The monoisotopic (exact) mass is 482 g/mol. The van der Waals surface area contributed by atoms with Crippen molar-refractivity contribution >= 4 is 23.8 Å². The van der Waals surface area contributed by atoms with Crippen molar-refractivity contribution in [3.8, 4) is 0 Å². The maximum atomic E-state index is 13.4. The molecule has 3 rings (SSSR count). The van der Waals surface area contributed by atoms with Crippen LogP contribution in [0.5, 0.6) is 0 Å². The lowest BCUT2D eigenvalue weighted by atomic mass is 9.80. The van der Waals surface area contributed by atoms with E-state index in [9.17, 15) is 14.4 Å². The zero-order chi connectivity index (χ0) is 25.5. The van der Waals surface area contributed by atoms with Crippen LogP contribution in [0.1, 0.15) is 46.1 Å². The Bertz CT molecular complexity index is 1120. The minimum atomic E-state index is -0.839. The second kappa shape index (κ2) is 11.5.